The zero-order valence-electron chi connectivity index (χ0n) is 12.6. The highest BCUT2D eigenvalue weighted by molar-refractivity contribution is 6.32. The molecule has 0 saturated carbocycles. The number of halogens is 1. The first-order valence-corrected chi connectivity index (χ1v) is 7.35. The van der Waals surface area contributed by atoms with Crippen LogP contribution in [0.5, 0.6) is 17.2 Å². The number of hydrogen-bond donors (Lipinski definition) is 1. The third-order valence-corrected chi connectivity index (χ3v) is 3.62. The Morgan fingerprint density at radius 1 is 0.952 bits per heavy atom. The Kier molecular flexibility index (Phi) is 4.97. The van der Waals surface area contributed by atoms with Crippen molar-refractivity contribution >= 4 is 17.3 Å². The van der Waals surface area contributed by atoms with Crippen molar-refractivity contribution < 1.29 is 9.47 Å². The van der Waals surface area contributed by atoms with Crippen LogP contribution < -0.4 is 15.2 Å². The second-order valence-corrected chi connectivity index (χ2v) is 5.44. The molecule has 112 valence electrons. The monoisotopic (exact) mass is 305 g/mol. The van der Waals surface area contributed by atoms with E-state index >= 15 is 0 Å². The van der Waals surface area contributed by atoms with Crippen molar-refractivity contribution in [2.75, 3.05) is 12.3 Å². The average molecular weight is 306 g/mol. The number of aryl methyl sites for hydroxylation is 2. The Bertz CT molecular complexity index is 618. The molecule has 2 aromatic rings. The van der Waals surface area contributed by atoms with Gasteiger partial charge in [-0.1, -0.05) is 18.5 Å². The van der Waals surface area contributed by atoms with Crippen LogP contribution in [0.3, 0.4) is 0 Å². The minimum Gasteiger partial charge on any atom is -0.493 e. The van der Waals surface area contributed by atoms with E-state index in [1.165, 1.54) is 0 Å². The summed E-state index contributed by atoms with van der Waals surface area (Å²) in [5.74, 6) is 2.11. The molecule has 0 radical (unpaired) electrons. The number of hydrogen-bond acceptors (Lipinski definition) is 3. The molecule has 3 nitrogen and oxygen atoms in total. The van der Waals surface area contributed by atoms with E-state index in [9.17, 15) is 0 Å². The number of rotatable bonds is 5. The summed E-state index contributed by atoms with van der Waals surface area (Å²) in [6.45, 7) is 6.62. The van der Waals surface area contributed by atoms with E-state index in [1.54, 1.807) is 12.1 Å². The van der Waals surface area contributed by atoms with Crippen LogP contribution in [0.2, 0.25) is 5.02 Å². The first kappa shape index (κ1) is 15.5. The molecular formula is C17H20ClNO2. The molecule has 0 saturated heterocycles. The van der Waals surface area contributed by atoms with Gasteiger partial charge in [0.2, 0.25) is 0 Å². The van der Waals surface area contributed by atoms with Crippen LogP contribution in [0, 0.1) is 13.8 Å². The van der Waals surface area contributed by atoms with Gasteiger partial charge in [0.15, 0.2) is 0 Å². The minimum atomic E-state index is 0.612. The van der Waals surface area contributed by atoms with Crippen LogP contribution in [-0.2, 0) is 0 Å². The average Bonchev–Trinajstić information content (AvgIpc) is 2.42. The zero-order chi connectivity index (χ0) is 15.4. The minimum absolute atomic E-state index is 0.612. The van der Waals surface area contributed by atoms with E-state index in [-0.39, 0.29) is 0 Å². The maximum absolute atomic E-state index is 6.16. The fourth-order valence-corrected chi connectivity index (χ4v) is 2.17. The van der Waals surface area contributed by atoms with E-state index in [2.05, 4.69) is 6.92 Å². The summed E-state index contributed by atoms with van der Waals surface area (Å²) in [5.41, 5.74) is 8.47. The van der Waals surface area contributed by atoms with Gasteiger partial charge in [-0.2, -0.15) is 0 Å². The molecule has 21 heavy (non-hydrogen) atoms. The van der Waals surface area contributed by atoms with E-state index in [1.807, 2.05) is 32.0 Å². The smallest absolute Gasteiger partial charge is 0.133 e. The molecule has 0 aliphatic rings. The van der Waals surface area contributed by atoms with Crippen LogP contribution in [0.4, 0.5) is 5.69 Å². The van der Waals surface area contributed by atoms with E-state index < -0.39 is 0 Å². The molecule has 0 aliphatic carbocycles. The van der Waals surface area contributed by atoms with Crippen molar-refractivity contribution in [1.82, 2.24) is 0 Å². The standard InChI is InChI=1S/C17H20ClNO2/c1-4-5-20-14-8-13(19)9-16(10-14)21-15-6-11(2)17(18)12(3)7-15/h6-10H,4-5,19H2,1-3H3. The number of benzene rings is 2. The number of anilines is 1. The highest BCUT2D eigenvalue weighted by atomic mass is 35.5. The van der Waals surface area contributed by atoms with Crippen LogP contribution in [0.1, 0.15) is 24.5 Å². The molecular weight excluding hydrogens is 286 g/mol. The van der Waals surface area contributed by atoms with Gasteiger partial charge in [-0.05, 0) is 43.5 Å². The van der Waals surface area contributed by atoms with Crippen molar-refractivity contribution in [3.8, 4) is 17.2 Å². The van der Waals surface area contributed by atoms with Gasteiger partial charge < -0.3 is 15.2 Å². The molecule has 2 aromatic carbocycles. The molecule has 2 N–H and O–H groups in total. The van der Waals surface area contributed by atoms with Gasteiger partial charge in [-0.3, -0.25) is 0 Å². The van der Waals surface area contributed by atoms with Gasteiger partial charge in [0.1, 0.15) is 17.2 Å². The van der Waals surface area contributed by atoms with E-state index in [0.717, 1.165) is 28.3 Å². The van der Waals surface area contributed by atoms with Crippen LogP contribution in [-0.4, -0.2) is 6.61 Å². The molecule has 0 unspecified atom stereocenters. The molecule has 0 bridgehead atoms. The lowest BCUT2D eigenvalue weighted by atomic mass is 10.1. The predicted octanol–water partition coefficient (Wildman–Crippen LogP) is 5.12. The van der Waals surface area contributed by atoms with Crippen LogP contribution in [0.25, 0.3) is 0 Å². The van der Waals surface area contributed by atoms with E-state index in [0.29, 0.717) is 23.8 Å². The Morgan fingerprint density at radius 2 is 1.52 bits per heavy atom. The van der Waals surface area contributed by atoms with Gasteiger partial charge >= 0.3 is 0 Å². The largest absolute Gasteiger partial charge is 0.493 e. The topological polar surface area (TPSA) is 44.5 Å². The SMILES string of the molecule is CCCOc1cc(N)cc(Oc2cc(C)c(Cl)c(C)c2)c1. The fraction of sp³-hybridized carbons (Fsp3) is 0.294. The van der Waals surface area contributed by atoms with Crippen molar-refractivity contribution in [2.45, 2.75) is 27.2 Å². The Morgan fingerprint density at radius 3 is 2.14 bits per heavy atom. The summed E-state index contributed by atoms with van der Waals surface area (Å²) in [4.78, 5) is 0. The summed E-state index contributed by atoms with van der Waals surface area (Å²) >= 11 is 6.16. The molecule has 0 amide bonds. The molecule has 0 aromatic heterocycles. The lowest BCUT2D eigenvalue weighted by molar-refractivity contribution is 0.316. The molecule has 0 spiro atoms. The quantitative estimate of drug-likeness (QED) is 0.780. The highest BCUT2D eigenvalue weighted by Gasteiger charge is 2.06. The number of nitrogen functional groups attached to an aromatic ring is 1. The summed E-state index contributed by atoms with van der Waals surface area (Å²) in [6.07, 6.45) is 0.945. The molecule has 4 heteroatoms. The van der Waals surface area contributed by atoms with E-state index in [4.69, 9.17) is 26.8 Å². The third kappa shape index (κ3) is 4.05. The number of nitrogens with two attached hydrogens (primary N) is 1. The second-order valence-electron chi connectivity index (χ2n) is 5.06. The molecule has 2 rings (SSSR count). The Hall–Kier alpha value is -1.87. The van der Waals surface area contributed by atoms with Crippen molar-refractivity contribution in [3.05, 3.63) is 46.5 Å². The second kappa shape index (κ2) is 6.72. The summed E-state index contributed by atoms with van der Waals surface area (Å²) in [7, 11) is 0. The first-order valence-electron chi connectivity index (χ1n) is 6.97. The van der Waals surface area contributed by atoms with Crippen molar-refractivity contribution in [2.24, 2.45) is 0 Å². The van der Waals surface area contributed by atoms with Gasteiger partial charge in [-0.25, -0.2) is 0 Å². The molecule has 0 fully saturated rings. The lowest BCUT2D eigenvalue weighted by Crippen LogP contribution is -1.97. The highest BCUT2D eigenvalue weighted by Crippen LogP contribution is 2.32. The Balaban J connectivity index is 2.24. The third-order valence-electron chi connectivity index (χ3n) is 3.02. The van der Waals surface area contributed by atoms with Gasteiger partial charge in [0.25, 0.3) is 0 Å². The van der Waals surface area contributed by atoms with Crippen molar-refractivity contribution in [3.63, 3.8) is 0 Å². The molecule has 0 heterocycles. The van der Waals surface area contributed by atoms with Gasteiger partial charge in [0, 0.05) is 28.9 Å². The van der Waals surface area contributed by atoms with Gasteiger partial charge in [-0.15, -0.1) is 0 Å². The molecule has 0 atom stereocenters. The van der Waals surface area contributed by atoms with Gasteiger partial charge in [0.05, 0.1) is 6.61 Å². The maximum Gasteiger partial charge on any atom is 0.133 e. The maximum atomic E-state index is 6.16. The summed E-state index contributed by atoms with van der Waals surface area (Å²) < 4.78 is 11.5. The Labute approximate surface area is 130 Å². The lowest BCUT2D eigenvalue weighted by Gasteiger charge is -2.12. The number of ether oxygens (including phenoxy) is 2. The predicted molar refractivity (Wildman–Crippen MR) is 87.6 cm³/mol. The molecule has 0 aliphatic heterocycles. The van der Waals surface area contributed by atoms with Crippen LogP contribution >= 0.6 is 11.6 Å². The first-order chi connectivity index (χ1) is 9.99. The van der Waals surface area contributed by atoms with Crippen LogP contribution in [0.15, 0.2) is 30.3 Å². The normalized spacial score (nSPS) is 10.5. The summed E-state index contributed by atoms with van der Waals surface area (Å²) in [5, 5.41) is 0.766. The van der Waals surface area contributed by atoms with Crippen molar-refractivity contribution in [1.29, 1.82) is 0 Å². The fourth-order valence-electron chi connectivity index (χ4n) is 2.06. The zero-order valence-corrected chi connectivity index (χ0v) is 13.3. The summed E-state index contributed by atoms with van der Waals surface area (Å²) in [6, 6.07) is 9.22.